The van der Waals surface area contributed by atoms with Crippen LogP contribution in [0.2, 0.25) is 0 Å². The van der Waals surface area contributed by atoms with Crippen LogP contribution in [-0.4, -0.2) is 29.6 Å². The van der Waals surface area contributed by atoms with Crippen LogP contribution in [0.15, 0.2) is 48.8 Å². The first kappa shape index (κ1) is 15.7. The number of nitrogens with zero attached hydrogens (tertiary/aromatic N) is 2. The Bertz CT molecular complexity index is 883. The molecule has 0 saturated heterocycles. The van der Waals surface area contributed by atoms with E-state index in [4.69, 9.17) is 15.2 Å². The number of carbonyl (C=O) groups excluding carboxylic acids is 1. The number of hydrogen-bond acceptors (Lipinski definition) is 6. The molecule has 0 saturated carbocycles. The maximum absolute atomic E-state index is 11.5. The number of ether oxygens (including phenoxy) is 2. The lowest BCUT2D eigenvalue weighted by molar-refractivity contribution is -0.119. The second-order valence-electron chi connectivity index (χ2n) is 5.02. The summed E-state index contributed by atoms with van der Waals surface area (Å²) in [6.07, 6.45) is 1.32. The molecule has 0 fully saturated rings. The fourth-order valence-electron chi connectivity index (χ4n) is 2.27. The van der Waals surface area contributed by atoms with Gasteiger partial charge in [-0.1, -0.05) is 24.3 Å². The highest BCUT2D eigenvalue weighted by Crippen LogP contribution is 2.32. The Morgan fingerprint density at radius 3 is 2.75 bits per heavy atom. The van der Waals surface area contributed by atoms with Gasteiger partial charge in [0.15, 0.2) is 0 Å². The van der Waals surface area contributed by atoms with Gasteiger partial charge >= 0.3 is 0 Å². The molecule has 0 aliphatic carbocycles. The van der Waals surface area contributed by atoms with Gasteiger partial charge < -0.3 is 20.5 Å². The van der Waals surface area contributed by atoms with Gasteiger partial charge in [-0.3, -0.25) is 4.79 Å². The molecule has 0 spiro atoms. The summed E-state index contributed by atoms with van der Waals surface area (Å²) in [7, 11) is 1.44. The van der Waals surface area contributed by atoms with Crippen molar-refractivity contribution in [2.75, 3.05) is 24.8 Å². The topological polar surface area (TPSA) is 99.4 Å². The zero-order valence-corrected chi connectivity index (χ0v) is 13.0. The summed E-state index contributed by atoms with van der Waals surface area (Å²) in [6.45, 7) is -0.0528. The van der Waals surface area contributed by atoms with Crippen LogP contribution < -0.4 is 15.8 Å². The van der Waals surface area contributed by atoms with Crippen LogP contribution in [0.3, 0.4) is 0 Å². The Morgan fingerprint density at radius 2 is 1.96 bits per heavy atom. The van der Waals surface area contributed by atoms with Crippen LogP contribution in [0.1, 0.15) is 0 Å². The molecule has 7 heteroatoms. The molecule has 1 aromatic heterocycles. The minimum atomic E-state index is -0.305. The molecule has 3 aromatic rings. The number of fused-ring (bicyclic) bond motifs is 1. The van der Waals surface area contributed by atoms with Gasteiger partial charge in [0.05, 0.1) is 0 Å². The molecule has 0 atom stereocenters. The highest BCUT2D eigenvalue weighted by molar-refractivity contribution is 5.97. The van der Waals surface area contributed by atoms with E-state index in [2.05, 4.69) is 15.3 Å². The zero-order chi connectivity index (χ0) is 16.9. The van der Waals surface area contributed by atoms with Crippen molar-refractivity contribution in [2.45, 2.75) is 0 Å². The summed E-state index contributed by atoms with van der Waals surface area (Å²) in [5.41, 5.74) is 6.66. The van der Waals surface area contributed by atoms with Crippen molar-refractivity contribution in [3.05, 3.63) is 48.8 Å². The number of anilines is 2. The molecule has 0 aliphatic heterocycles. The molecule has 0 unspecified atom stereocenters. The van der Waals surface area contributed by atoms with Crippen LogP contribution >= 0.6 is 0 Å². The number of aromatic nitrogens is 2. The minimum Gasteiger partial charge on any atom is -0.438 e. The summed E-state index contributed by atoms with van der Waals surface area (Å²) in [5.74, 6) is 0.960. The van der Waals surface area contributed by atoms with E-state index < -0.39 is 0 Å². The lowest BCUT2D eigenvalue weighted by Crippen LogP contribution is -2.17. The normalized spacial score (nSPS) is 10.5. The molecule has 7 nitrogen and oxygen atoms in total. The van der Waals surface area contributed by atoms with E-state index in [1.54, 1.807) is 18.2 Å². The van der Waals surface area contributed by atoms with Crippen molar-refractivity contribution in [2.24, 2.45) is 0 Å². The number of nitrogen functional groups attached to an aromatic ring is 1. The van der Waals surface area contributed by atoms with Gasteiger partial charge in [-0.2, -0.15) is 0 Å². The van der Waals surface area contributed by atoms with Crippen molar-refractivity contribution in [1.29, 1.82) is 0 Å². The van der Waals surface area contributed by atoms with Gasteiger partial charge in [0.2, 0.25) is 5.88 Å². The second-order valence-corrected chi connectivity index (χ2v) is 5.02. The van der Waals surface area contributed by atoms with Crippen molar-refractivity contribution in [3.8, 4) is 11.6 Å². The number of amides is 1. The first-order valence-corrected chi connectivity index (χ1v) is 7.23. The van der Waals surface area contributed by atoms with Crippen LogP contribution in [0.25, 0.3) is 10.8 Å². The lowest BCUT2D eigenvalue weighted by Gasteiger charge is -2.10. The predicted octanol–water partition coefficient (Wildman–Crippen LogP) is 2.59. The number of rotatable bonds is 5. The maximum Gasteiger partial charge on any atom is 0.251 e. The Labute approximate surface area is 138 Å². The highest BCUT2D eigenvalue weighted by Gasteiger charge is 2.09. The lowest BCUT2D eigenvalue weighted by atomic mass is 10.1. The van der Waals surface area contributed by atoms with Crippen LogP contribution in [0.4, 0.5) is 11.5 Å². The summed E-state index contributed by atoms with van der Waals surface area (Å²) in [5, 5.41) is 4.38. The number of carbonyl (C=O) groups is 1. The van der Waals surface area contributed by atoms with Gasteiger partial charge in [-0.05, 0) is 12.1 Å². The summed E-state index contributed by atoms with van der Waals surface area (Å²) in [4.78, 5) is 19.6. The van der Waals surface area contributed by atoms with Crippen molar-refractivity contribution in [1.82, 2.24) is 9.97 Å². The largest absolute Gasteiger partial charge is 0.438 e. The smallest absolute Gasteiger partial charge is 0.251 e. The van der Waals surface area contributed by atoms with E-state index in [0.717, 1.165) is 10.8 Å². The predicted molar refractivity (Wildman–Crippen MR) is 91.0 cm³/mol. The molecule has 3 rings (SSSR count). The molecule has 2 aromatic carbocycles. The van der Waals surface area contributed by atoms with Crippen LogP contribution in [-0.2, 0) is 9.53 Å². The fraction of sp³-hybridized carbons (Fsp3) is 0.118. The summed E-state index contributed by atoms with van der Waals surface area (Å²) >= 11 is 0. The third-order valence-corrected chi connectivity index (χ3v) is 3.32. The molecule has 1 amide bonds. The zero-order valence-electron chi connectivity index (χ0n) is 13.0. The monoisotopic (exact) mass is 324 g/mol. The molecule has 0 bridgehead atoms. The Balaban J connectivity index is 1.87. The van der Waals surface area contributed by atoms with Gasteiger partial charge in [0.1, 0.15) is 24.5 Å². The molecular weight excluding hydrogens is 308 g/mol. The van der Waals surface area contributed by atoms with Crippen molar-refractivity contribution < 1.29 is 14.3 Å². The molecule has 122 valence electrons. The third kappa shape index (κ3) is 3.41. The molecule has 0 radical (unpaired) electrons. The molecule has 24 heavy (non-hydrogen) atoms. The van der Waals surface area contributed by atoms with E-state index >= 15 is 0 Å². The van der Waals surface area contributed by atoms with E-state index in [-0.39, 0.29) is 12.5 Å². The van der Waals surface area contributed by atoms with Crippen LogP contribution in [0, 0.1) is 0 Å². The van der Waals surface area contributed by atoms with Gasteiger partial charge in [0.25, 0.3) is 5.91 Å². The SMILES string of the molecule is COCC(=O)Nc1cc(Oc2ccc(N)c3ccccc23)ncn1. The second kappa shape index (κ2) is 6.93. The van der Waals surface area contributed by atoms with Gasteiger partial charge in [-0.25, -0.2) is 9.97 Å². The van der Waals surface area contributed by atoms with E-state index in [1.807, 2.05) is 24.3 Å². The Kier molecular flexibility index (Phi) is 4.53. The van der Waals surface area contributed by atoms with Crippen molar-refractivity contribution >= 4 is 28.2 Å². The Morgan fingerprint density at radius 1 is 1.17 bits per heavy atom. The van der Waals surface area contributed by atoms with Crippen LogP contribution in [0.5, 0.6) is 11.6 Å². The first-order chi connectivity index (χ1) is 11.7. The summed E-state index contributed by atoms with van der Waals surface area (Å²) < 4.78 is 10.6. The van der Waals surface area contributed by atoms with E-state index in [1.165, 1.54) is 13.4 Å². The number of benzene rings is 2. The third-order valence-electron chi connectivity index (χ3n) is 3.32. The average molecular weight is 324 g/mol. The molecule has 1 heterocycles. The van der Waals surface area contributed by atoms with E-state index in [0.29, 0.717) is 23.1 Å². The minimum absolute atomic E-state index is 0.0528. The number of nitrogens with one attached hydrogen (secondary N) is 1. The standard InChI is InChI=1S/C17H16N4O3/c1-23-9-16(22)21-15-8-17(20-10-19-15)24-14-7-6-13(18)11-4-2-3-5-12(11)14/h2-8,10H,9,18H2,1H3,(H,19,20,21,22). The fourth-order valence-corrected chi connectivity index (χ4v) is 2.27. The van der Waals surface area contributed by atoms with Gasteiger partial charge in [-0.15, -0.1) is 0 Å². The average Bonchev–Trinajstić information content (AvgIpc) is 2.58. The van der Waals surface area contributed by atoms with E-state index in [9.17, 15) is 4.79 Å². The number of methoxy groups -OCH3 is 1. The van der Waals surface area contributed by atoms with Crippen molar-refractivity contribution in [3.63, 3.8) is 0 Å². The summed E-state index contributed by atoms with van der Waals surface area (Å²) in [6, 6.07) is 12.8. The van der Waals surface area contributed by atoms with Gasteiger partial charge in [0, 0.05) is 29.6 Å². The number of nitrogens with two attached hydrogens (primary N) is 1. The number of hydrogen-bond donors (Lipinski definition) is 2. The Hall–Kier alpha value is -3.19. The highest BCUT2D eigenvalue weighted by atomic mass is 16.5. The maximum atomic E-state index is 11.5. The molecule has 3 N–H and O–H groups in total. The molecule has 0 aliphatic rings. The quantitative estimate of drug-likeness (QED) is 0.700. The molecular formula is C17H16N4O3. The first-order valence-electron chi connectivity index (χ1n) is 7.23.